The first-order valence-corrected chi connectivity index (χ1v) is 18.3. The summed E-state index contributed by atoms with van der Waals surface area (Å²) in [5.74, 6) is 0. The third-order valence-corrected chi connectivity index (χ3v) is 41.1. The molecule has 1 aliphatic rings. The Labute approximate surface area is 77.5 Å². The van der Waals surface area contributed by atoms with E-state index >= 15 is 0 Å². The van der Waals surface area contributed by atoms with Crippen molar-refractivity contribution < 1.29 is 9.59 Å². The van der Waals surface area contributed by atoms with E-state index in [4.69, 9.17) is 0 Å². The zero-order valence-electron chi connectivity index (χ0n) is 3.33. The molecule has 1 aliphatic heterocycles. The highest BCUT2D eigenvalue weighted by atomic mass is 128. The van der Waals surface area contributed by atoms with Crippen molar-refractivity contribution in [2.24, 2.45) is 0 Å². The molecule has 0 N–H and O–H groups in total. The number of carbonyl (C=O) groups is 2. The fourth-order valence-electron chi connectivity index (χ4n) is 0.133. The molecule has 0 aromatic rings. The molecule has 0 aromatic carbocycles. The van der Waals surface area contributed by atoms with Crippen molar-refractivity contribution in [1.29, 1.82) is 0 Å². The van der Waals surface area contributed by atoms with Gasteiger partial charge in [0.15, 0.2) is 0 Å². The first-order chi connectivity index (χ1) is 3.79. The van der Waals surface area contributed by atoms with E-state index in [0.29, 0.717) is 3.59 Å². The third kappa shape index (κ3) is 2.90. The van der Waals surface area contributed by atoms with Crippen molar-refractivity contribution in [3.63, 3.8) is 0 Å². The molecule has 0 radical (unpaired) electrons. The van der Waals surface area contributed by atoms with Crippen molar-refractivity contribution in [3.8, 4) is 0 Å². The van der Waals surface area contributed by atoms with Gasteiger partial charge < -0.3 is 0 Å². The van der Waals surface area contributed by atoms with E-state index in [0.717, 1.165) is 0 Å². The van der Waals surface area contributed by atoms with Crippen LogP contribution in [0.2, 0.25) is 0 Å². The predicted octanol–water partition coefficient (Wildman–Crippen LogP) is 3.95. The second kappa shape index (κ2) is 4.20. The minimum Gasteiger partial charge on any atom is -0.276 e. The van der Waals surface area contributed by atoms with Gasteiger partial charge in [0.2, 0.25) is 0 Å². The Hall–Kier alpha value is 2.26. The molecule has 0 aromatic heterocycles. The summed E-state index contributed by atoms with van der Waals surface area (Å²) >= 11 is -0.761. The van der Waals surface area contributed by atoms with E-state index in [9.17, 15) is 9.59 Å². The van der Waals surface area contributed by atoms with Gasteiger partial charge in [-0.1, -0.05) is 0 Å². The molecule has 0 amide bonds. The van der Waals surface area contributed by atoms with Crippen LogP contribution in [0.1, 0.15) is 0 Å². The number of carbonyl (C=O) groups excluding carboxylic acids is 2. The zero-order chi connectivity index (χ0) is 5.98. The number of hydrogen-bond acceptors (Lipinski definition) is 2. The van der Waals surface area contributed by atoms with E-state index in [1.807, 2.05) is 0 Å². The number of hydrogen-bond donors (Lipinski definition) is 0. The van der Waals surface area contributed by atoms with Crippen LogP contribution in [0.5, 0.6) is 0 Å². The SMILES string of the molecule is O=C1I=IC(=O)I=I1. The van der Waals surface area contributed by atoms with Gasteiger partial charge in [-0.2, -0.15) is 0 Å². The molecule has 0 atom stereocenters. The van der Waals surface area contributed by atoms with Gasteiger partial charge in [0.1, 0.15) is 0 Å². The molecular formula is C2I4O2. The highest BCUT2D eigenvalue weighted by Crippen LogP contribution is 2.42. The number of rotatable bonds is 0. The predicted molar refractivity (Wildman–Crippen MR) is 66.9 cm³/mol. The van der Waals surface area contributed by atoms with Crippen molar-refractivity contribution in [2.45, 2.75) is 0 Å². The standard InChI is InChI=1S/C2I4O2/c7-1-3-5-2(8)6-4-1. The lowest BCUT2D eigenvalue weighted by Gasteiger charge is -1.83. The van der Waals surface area contributed by atoms with Crippen molar-refractivity contribution >= 4 is 70.0 Å². The second-order valence-electron chi connectivity index (χ2n) is 0.737. The van der Waals surface area contributed by atoms with Gasteiger partial charge in [-0.3, -0.25) is 9.59 Å². The lowest BCUT2D eigenvalue weighted by Crippen LogP contribution is -1.62. The average molecular weight is 564 g/mol. The van der Waals surface area contributed by atoms with Crippen molar-refractivity contribution in [1.82, 2.24) is 0 Å². The molecule has 0 saturated carbocycles. The van der Waals surface area contributed by atoms with Gasteiger partial charge in [0.05, 0.1) is 0 Å². The minimum absolute atomic E-state index is 0.190. The topological polar surface area (TPSA) is 34.1 Å². The molecule has 2 nitrogen and oxygen atoms in total. The van der Waals surface area contributed by atoms with Gasteiger partial charge in [0, 0.05) is 66.4 Å². The molecule has 0 saturated heterocycles. The Morgan fingerprint density at radius 3 is 1.25 bits per heavy atom. The summed E-state index contributed by atoms with van der Waals surface area (Å²) in [5, 5.41) is 0. The molecular weight excluding hydrogens is 564 g/mol. The summed E-state index contributed by atoms with van der Waals surface area (Å²) in [6.07, 6.45) is 0. The Kier molecular flexibility index (Phi) is 4.39. The Balaban J connectivity index is 2.83. The van der Waals surface area contributed by atoms with E-state index in [1.165, 1.54) is 0 Å². The van der Waals surface area contributed by atoms with E-state index in [-0.39, 0.29) is 66.4 Å². The molecule has 1 heterocycles. The molecule has 0 unspecified atom stereocenters. The summed E-state index contributed by atoms with van der Waals surface area (Å²) in [4.78, 5) is 21.2. The summed E-state index contributed by atoms with van der Waals surface area (Å²) in [6, 6.07) is 0. The number of halogens is 4. The maximum atomic E-state index is 10.6. The lowest BCUT2D eigenvalue weighted by molar-refractivity contribution is 0.279. The maximum absolute atomic E-state index is 10.6. The van der Waals surface area contributed by atoms with E-state index in [2.05, 4.69) is 0 Å². The van der Waals surface area contributed by atoms with Crippen LogP contribution in [0, 0.1) is 0 Å². The van der Waals surface area contributed by atoms with Crippen LogP contribution in [0.3, 0.4) is 0 Å². The van der Waals surface area contributed by atoms with Gasteiger partial charge in [0.25, 0.3) is 3.59 Å². The first-order valence-electron chi connectivity index (χ1n) is 1.45. The Morgan fingerprint density at radius 2 is 1.00 bits per heavy atom. The molecule has 0 bridgehead atoms. The molecule has 0 aliphatic carbocycles. The molecule has 6 heteroatoms. The minimum atomic E-state index is -0.190. The van der Waals surface area contributed by atoms with Crippen LogP contribution < -0.4 is 0 Å². The second-order valence-corrected chi connectivity index (χ2v) is 21.4. The Morgan fingerprint density at radius 1 is 0.750 bits per heavy atom. The normalized spacial score (nSPS) is 21.5. The monoisotopic (exact) mass is 564 g/mol. The molecule has 1 rings (SSSR count). The summed E-state index contributed by atoms with van der Waals surface area (Å²) in [6.45, 7) is 0. The highest BCUT2D eigenvalue weighted by Gasteiger charge is 2.02. The van der Waals surface area contributed by atoms with Gasteiger partial charge in [-0.25, -0.2) is 0 Å². The van der Waals surface area contributed by atoms with Gasteiger partial charge in [-0.05, 0) is 0 Å². The van der Waals surface area contributed by atoms with Crippen LogP contribution in [0.25, 0.3) is 0 Å². The third-order valence-electron chi connectivity index (χ3n) is 0.296. The van der Waals surface area contributed by atoms with Crippen LogP contribution >= 0.6 is 66.4 Å². The van der Waals surface area contributed by atoms with Crippen molar-refractivity contribution in [3.05, 3.63) is 0 Å². The van der Waals surface area contributed by atoms with Crippen LogP contribution in [0.15, 0.2) is 0 Å². The molecule has 0 spiro atoms. The van der Waals surface area contributed by atoms with E-state index in [1.54, 1.807) is 0 Å². The fourth-order valence-corrected chi connectivity index (χ4v) is 60.3. The van der Waals surface area contributed by atoms with Crippen LogP contribution in [0.4, 0.5) is 9.59 Å². The largest absolute Gasteiger partial charge is 0.276 e. The Bertz CT molecular complexity index is 154. The van der Waals surface area contributed by atoms with E-state index < -0.39 is 0 Å². The van der Waals surface area contributed by atoms with Crippen LogP contribution in [-0.2, 0) is 0 Å². The molecule has 8 heavy (non-hydrogen) atoms. The maximum Gasteiger partial charge on any atom is 0.251 e. The first kappa shape index (κ1) is 8.36. The summed E-state index contributed by atoms with van der Waals surface area (Å²) < 4.78 is 1.12. The highest BCUT2D eigenvalue weighted by molar-refractivity contribution is 14.9. The summed E-state index contributed by atoms with van der Waals surface area (Å²) in [5.41, 5.74) is 0. The summed E-state index contributed by atoms with van der Waals surface area (Å²) in [7, 11) is 0. The quantitative estimate of drug-likeness (QED) is 0.331. The lowest BCUT2D eigenvalue weighted by atomic mass is 11.9. The average Bonchev–Trinajstić information content (AvgIpc) is 1.77. The molecule has 48 valence electrons. The fraction of sp³-hybridized carbons (Fsp3) is 0. The van der Waals surface area contributed by atoms with Crippen LogP contribution in [-0.4, -0.2) is 3.59 Å². The van der Waals surface area contributed by atoms with Gasteiger partial charge >= 0.3 is 0 Å². The van der Waals surface area contributed by atoms with Gasteiger partial charge in [-0.15, -0.1) is 0 Å². The smallest absolute Gasteiger partial charge is 0.251 e. The van der Waals surface area contributed by atoms with Crippen molar-refractivity contribution in [2.75, 3.05) is 0 Å². The zero-order valence-corrected chi connectivity index (χ0v) is 12.0. The molecule has 0 fully saturated rings.